The van der Waals surface area contributed by atoms with E-state index in [9.17, 15) is 18.7 Å². The van der Waals surface area contributed by atoms with E-state index in [2.05, 4.69) is 0 Å². The Bertz CT molecular complexity index is 527. The molecule has 0 spiro atoms. The number of aliphatic carboxylic acids is 1. The Morgan fingerprint density at radius 2 is 1.85 bits per heavy atom. The van der Waals surface area contributed by atoms with Gasteiger partial charge >= 0.3 is 11.9 Å². The van der Waals surface area contributed by atoms with Crippen molar-refractivity contribution in [3.8, 4) is 11.5 Å². The van der Waals surface area contributed by atoms with E-state index in [0.29, 0.717) is 25.4 Å². The highest BCUT2D eigenvalue weighted by Gasteiger charge is 2.57. The van der Waals surface area contributed by atoms with E-state index < -0.39 is 17.5 Å². The van der Waals surface area contributed by atoms with Gasteiger partial charge in [-0.15, -0.1) is 0 Å². The molecule has 1 aliphatic rings. The number of carboxylic acids is 1. The zero-order chi connectivity index (χ0) is 15.0. The van der Waals surface area contributed by atoms with Crippen LogP contribution in [-0.4, -0.2) is 35.3 Å². The minimum atomic E-state index is -4.33. The molecule has 0 saturated heterocycles. The van der Waals surface area contributed by atoms with Gasteiger partial charge in [-0.2, -0.15) is 8.78 Å². The summed E-state index contributed by atoms with van der Waals surface area (Å²) in [6.07, 6.45) is 0.645. The molecule has 1 unspecified atom stereocenters. The van der Waals surface area contributed by atoms with Gasteiger partial charge in [-0.3, -0.25) is 0 Å². The second-order valence-electron chi connectivity index (χ2n) is 4.66. The third-order valence-corrected chi connectivity index (χ3v) is 3.19. The largest absolute Gasteiger partial charge is 0.490 e. The van der Waals surface area contributed by atoms with Gasteiger partial charge in [0.2, 0.25) is 0 Å². The summed E-state index contributed by atoms with van der Waals surface area (Å²) in [5.74, 6) is -6.14. The van der Waals surface area contributed by atoms with Crippen molar-refractivity contribution in [2.75, 3.05) is 13.2 Å². The van der Waals surface area contributed by atoms with Crippen LogP contribution in [0.3, 0.4) is 0 Å². The Balaban J connectivity index is 2.43. The van der Waals surface area contributed by atoms with E-state index in [1.165, 1.54) is 18.2 Å². The van der Waals surface area contributed by atoms with Crippen LogP contribution in [0.1, 0.15) is 18.9 Å². The van der Waals surface area contributed by atoms with Gasteiger partial charge in [-0.05, 0) is 24.6 Å². The molecule has 0 radical (unpaired) electrons. The van der Waals surface area contributed by atoms with Crippen LogP contribution in [0.4, 0.5) is 8.78 Å². The van der Waals surface area contributed by atoms with Gasteiger partial charge in [0.1, 0.15) is 0 Å². The smallest absolute Gasteiger partial charge is 0.378 e. The van der Waals surface area contributed by atoms with E-state index in [4.69, 9.17) is 14.6 Å². The molecule has 110 valence electrons. The van der Waals surface area contributed by atoms with Crippen LogP contribution in [0.2, 0.25) is 0 Å². The second kappa shape index (κ2) is 4.90. The van der Waals surface area contributed by atoms with Crippen molar-refractivity contribution in [1.82, 2.24) is 0 Å². The predicted molar refractivity (Wildman–Crippen MR) is 64.2 cm³/mol. The minimum absolute atomic E-state index is 0.210. The number of ether oxygens (including phenoxy) is 2. The third kappa shape index (κ3) is 2.29. The number of aliphatic hydroxyl groups is 1. The normalized spacial score (nSPS) is 18.0. The molecule has 20 heavy (non-hydrogen) atoms. The van der Waals surface area contributed by atoms with Crippen LogP contribution < -0.4 is 9.47 Å². The van der Waals surface area contributed by atoms with Crippen LogP contribution >= 0.6 is 0 Å². The fourth-order valence-electron chi connectivity index (χ4n) is 1.86. The Kier molecular flexibility index (Phi) is 3.56. The maximum atomic E-state index is 13.6. The summed E-state index contributed by atoms with van der Waals surface area (Å²) in [4.78, 5) is 10.6. The summed E-state index contributed by atoms with van der Waals surface area (Å²) < 4.78 is 37.9. The summed E-state index contributed by atoms with van der Waals surface area (Å²) in [5, 5.41) is 18.5. The molecule has 0 bridgehead atoms. The second-order valence-corrected chi connectivity index (χ2v) is 4.66. The van der Waals surface area contributed by atoms with E-state index >= 15 is 0 Å². The molecule has 0 fully saturated rings. The number of hydrogen-bond acceptors (Lipinski definition) is 4. The lowest BCUT2D eigenvalue weighted by Gasteiger charge is -2.30. The number of hydrogen-bond donors (Lipinski definition) is 2. The zero-order valence-electron chi connectivity index (χ0n) is 10.7. The zero-order valence-corrected chi connectivity index (χ0v) is 10.7. The van der Waals surface area contributed by atoms with E-state index in [0.717, 1.165) is 6.92 Å². The number of fused-ring (bicyclic) bond motifs is 1. The molecule has 1 aromatic rings. The molecule has 0 saturated carbocycles. The first-order valence-electron chi connectivity index (χ1n) is 6.00. The highest BCUT2D eigenvalue weighted by atomic mass is 19.3. The van der Waals surface area contributed by atoms with E-state index in [1.807, 2.05) is 0 Å². The topological polar surface area (TPSA) is 76.0 Å². The van der Waals surface area contributed by atoms with E-state index in [-0.39, 0.29) is 11.3 Å². The first-order chi connectivity index (χ1) is 9.26. The summed E-state index contributed by atoms with van der Waals surface area (Å²) in [6.45, 7) is 1.54. The molecule has 2 N–H and O–H groups in total. The Labute approximate surface area is 113 Å². The fraction of sp³-hybridized carbons (Fsp3) is 0.462. The van der Waals surface area contributed by atoms with Crippen LogP contribution in [-0.2, 0) is 10.4 Å². The van der Waals surface area contributed by atoms with Gasteiger partial charge in [-0.1, -0.05) is 6.07 Å². The predicted octanol–water partition coefficient (Wildman–Crippen LogP) is 1.78. The molecular weight excluding hydrogens is 274 g/mol. The molecule has 0 amide bonds. The molecule has 1 aromatic carbocycles. The molecule has 1 aliphatic heterocycles. The average Bonchev–Trinajstić information content (AvgIpc) is 2.62. The maximum Gasteiger partial charge on any atom is 0.378 e. The van der Waals surface area contributed by atoms with Crippen molar-refractivity contribution < 1.29 is 33.3 Å². The number of carboxylic acid groups (broad SMARTS) is 1. The van der Waals surface area contributed by atoms with Crippen LogP contribution in [0.5, 0.6) is 11.5 Å². The Hall–Kier alpha value is -1.89. The summed E-state index contributed by atoms with van der Waals surface area (Å²) in [7, 11) is 0. The highest BCUT2D eigenvalue weighted by molar-refractivity contribution is 5.77. The van der Waals surface area contributed by atoms with Crippen LogP contribution in [0.15, 0.2) is 18.2 Å². The van der Waals surface area contributed by atoms with Crippen LogP contribution in [0.25, 0.3) is 0 Å². The molecule has 1 atom stereocenters. The van der Waals surface area contributed by atoms with Crippen molar-refractivity contribution in [2.24, 2.45) is 0 Å². The first kappa shape index (κ1) is 14.5. The molecule has 0 aliphatic carbocycles. The van der Waals surface area contributed by atoms with Crippen molar-refractivity contribution >= 4 is 5.97 Å². The lowest BCUT2D eigenvalue weighted by Crippen LogP contribution is -2.48. The maximum absolute atomic E-state index is 13.6. The standard InChI is InChI=1S/C13H14F2O5/c1-12(18,13(14,15)11(16)17)8-3-4-9-10(7-8)20-6-2-5-19-9/h3-4,7,18H,2,5-6H2,1H3,(H,16,17). The molecule has 2 rings (SSSR count). The van der Waals surface area contributed by atoms with Crippen molar-refractivity contribution in [3.05, 3.63) is 23.8 Å². The van der Waals surface area contributed by atoms with Gasteiger partial charge in [0, 0.05) is 6.42 Å². The fourth-order valence-corrected chi connectivity index (χ4v) is 1.86. The lowest BCUT2D eigenvalue weighted by atomic mass is 9.89. The molecule has 0 aromatic heterocycles. The molecule has 5 nitrogen and oxygen atoms in total. The van der Waals surface area contributed by atoms with Gasteiger partial charge in [-0.25, -0.2) is 4.79 Å². The van der Waals surface area contributed by atoms with E-state index in [1.54, 1.807) is 0 Å². The van der Waals surface area contributed by atoms with Gasteiger partial charge in [0.25, 0.3) is 0 Å². The van der Waals surface area contributed by atoms with Gasteiger partial charge in [0.15, 0.2) is 17.1 Å². The third-order valence-electron chi connectivity index (χ3n) is 3.19. The van der Waals surface area contributed by atoms with Crippen molar-refractivity contribution in [1.29, 1.82) is 0 Å². The Morgan fingerprint density at radius 1 is 1.25 bits per heavy atom. The Morgan fingerprint density at radius 3 is 2.45 bits per heavy atom. The average molecular weight is 288 g/mol. The SMILES string of the molecule is CC(O)(c1ccc2c(c1)OCCCO2)C(F)(F)C(=O)O. The molecular formula is C13H14F2O5. The monoisotopic (exact) mass is 288 g/mol. The highest BCUT2D eigenvalue weighted by Crippen LogP contribution is 2.41. The van der Waals surface area contributed by atoms with Crippen molar-refractivity contribution in [3.63, 3.8) is 0 Å². The number of rotatable bonds is 3. The van der Waals surface area contributed by atoms with Gasteiger partial charge < -0.3 is 19.7 Å². The number of alkyl halides is 2. The summed E-state index contributed by atoms with van der Waals surface area (Å²) in [5.41, 5.74) is -3.11. The van der Waals surface area contributed by atoms with Crippen molar-refractivity contribution in [2.45, 2.75) is 24.9 Å². The van der Waals surface area contributed by atoms with Crippen LogP contribution in [0, 0.1) is 0 Å². The number of halogens is 2. The quantitative estimate of drug-likeness (QED) is 0.886. The summed E-state index contributed by atoms with van der Waals surface area (Å²) in [6, 6.07) is 3.75. The number of carbonyl (C=O) groups is 1. The lowest BCUT2D eigenvalue weighted by molar-refractivity contribution is -0.207. The first-order valence-corrected chi connectivity index (χ1v) is 6.00. The minimum Gasteiger partial charge on any atom is -0.490 e. The molecule has 7 heteroatoms. The van der Waals surface area contributed by atoms with Gasteiger partial charge in [0.05, 0.1) is 13.2 Å². The summed E-state index contributed by atoms with van der Waals surface area (Å²) >= 11 is 0. The number of benzene rings is 1. The molecule has 1 heterocycles.